The molecule has 1 aromatic carbocycles. The standard InChI is InChI=1S/C28H35N3O3.BrH/c29-26(32)25(23-12-6-9-17-30-23)31-18-13-21(14-19-31)24(20-31)34-27(33)28(15-7-1-2-8-16-28)22-10-4-3-5-11-22;/h3-6,9-12,17,21,24-25H,1-2,7-8,13-16,18-20H2,(H-,29,32);1H/t21?,24-,25?,31?;/m0./s1. The van der Waals surface area contributed by atoms with E-state index in [0.717, 1.165) is 70.0 Å². The summed E-state index contributed by atoms with van der Waals surface area (Å²) < 4.78 is 6.98. The highest BCUT2D eigenvalue weighted by atomic mass is 79.9. The molecule has 3 aliphatic heterocycles. The Balaban J connectivity index is 0.00000289. The summed E-state index contributed by atoms with van der Waals surface area (Å²) in [6.07, 6.45) is 9.49. The van der Waals surface area contributed by atoms with Crippen molar-refractivity contribution < 1.29 is 35.8 Å². The summed E-state index contributed by atoms with van der Waals surface area (Å²) >= 11 is 0. The number of fused-ring (bicyclic) bond motifs is 3. The Kier molecular flexibility index (Phi) is 7.96. The van der Waals surface area contributed by atoms with Crippen molar-refractivity contribution in [1.29, 1.82) is 0 Å². The number of nitrogens with zero attached hydrogens (tertiary/aromatic N) is 2. The molecule has 4 aliphatic rings. The maximum absolute atomic E-state index is 14.0. The van der Waals surface area contributed by atoms with Crippen LogP contribution in [0.5, 0.6) is 0 Å². The van der Waals surface area contributed by atoms with Gasteiger partial charge in [-0.05, 0) is 30.5 Å². The lowest BCUT2D eigenvalue weighted by atomic mass is 9.74. The van der Waals surface area contributed by atoms with Gasteiger partial charge >= 0.3 is 5.97 Å². The van der Waals surface area contributed by atoms with Gasteiger partial charge in [-0.1, -0.05) is 62.1 Å². The number of halogens is 1. The molecule has 6 nitrogen and oxygen atoms in total. The Hall–Kier alpha value is -2.25. The first-order valence-electron chi connectivity index (χ1n) is 12.9. The molecular formula is C28H36BrN3O3. The van der Waals surface area contributed by atoms with E-state index in [-0.39, 0.29) is 35.0 Å². The van der Waals surface area contributed by atoms with Gasteiger partial charge in [0.25, 0.3) is 5.91 Å². The van der Waals surface area contributed by atoms with Crippen LogP contribution in [0.2, 0.25) is 0 Å². The van der Waals surface area contributed by atoms with Crippen molar-refractivity contribution in [2.45, 2.75) is 68.9 Å². The zero-order valence-electron chi connectivity index (χ0n) is 20.3. The fraction of sp³-hybridized carbons (Fsp3) is 0.536. The fourth-order valence-corrected chi connectivity index (χ4v) is 6.85. The van der Waals surface area contributed by atoms with Crippen LogP contribution in [0.25, 0.3) is 0 Å². The lowest BCUT2D eigenvalue weighted by molar-refractivity contribution is -0.965. The molecule has 7 heteroatoms. The lowest BCUT2D eigenvalue weighted by Crippen LogP contribution is -3.00. The van der Waals surface area contributed by atoms with E-state index in [4.69, 9.17) is 10.5 Å². The van der Waals surface area contributed by atoms with Crippen LogP contribution >= 0.6 is 0 Å². The monoisotopic (exact) mass is 541 g/mol. The molecule has 35 heavy (non-hydrogen) atoms. The highest BCUT2D eigenvalue weighted by molar-refractivity contribution is 5.83. The molecule has 0 radical (unpaired) electrons. The summed E-state index contributed by atoms with van der Waals surface area (Å²) in [7, 11) is 0. The molecule has 1 amide bonds. The van der Waals surface area contributed by atoms with Crippen LogP contribution in [0.4, 0.5) is 0 Å². The second kappa shape index (κ2) is 10.8. The van der Waals surface area contributed by atoms with Crippen molar-refractivity contribution in [3.8, 4) is 0 Å². The number of hydrogen-bond donors (Lipinski definition) is 1. The van der Waals surface area contributed by atoms with Gasteiger partial charge in [0, 0.05) is 25.0 Å². The van der Waals surface area contributed by atoms with E-state index in [1.54, 1.807) is 6.20 Å². The zero-order valence-corrected chi connectivity index (χ0v) is 21.9. The van der Waals surface area contributed by atoms with Gasteiger partial charge in [0.2, 0.25) is 6.04 Å². The third-order valence-electron chi connectivity index (χ3n) is 8.68. The second-order valence-electron chi connectivity index (χ2n) is 10.6. The van der Waals surface area contributed by atoms with Crippen LogP contribution in [0.15, 0.2) is 54.7 Å². The number of piperidine rings is 3. The summed E-state index contributed by atoms with van der Waals surface area (Å²) in [5.74, 6) is -0.0839. The second-order valence-corrected chi connectivity index (χ2v) is 10.6. The molecule has 1 aliphatic carbocycles. The van der Waals surface area contributed by atoms with Crippen molar-refractivity contribution in [2.75, 3.05) is 19.6 Å². The number of benzene rings is 1. The number of amides is 1. The molecule has 4 fully saturated rings. The SMILES string of the molecule is NC(=O)C(c1ccccn1)[N+]12CCC(CC1)[C@@H](OC(=O)C1(c3ccccc3)CCCCCC1)C2.[Br-]. The largest absolute Gasteiger partial charge is 1.00 e. The van der Waals surface area contributed by atoms with Gasteiger partial charge in [0.05, 0.1) is 18.5 Å². The van der Waals surface area contributed by atoms with Gasteiger partial charge in [0.15, 0.2) is 6.10 Å². The number of hydrogen-bond acceptors (Lipinski definition) is 4. The van der Waals surface area contributed by atoms with Gasteiger partial charge in [-0.3, -0.25) is 14.6 Å². The van der Waals surface area contributed by atoms with Crippen LogP contribution in [0, 0.1) is 5.92 Å². The van der Waals surface area contributed by atoms with E-state index in [2.05, 4.69) is 17.1 Å². The minimum atomic E-state index is -0.571. The molecule has 4 heterocycles. The minimum Gasteiger partial charge on any atom is -1.00 e. The number of nitrogens with two attached hydrogens (primary N) is 1. The molecule has 2 N–H and O–H groups in total. The van der Waals surface area contributed by atoms with Crippen LogP contribution in [-0.2, 0) is 19.7 Å². The molecule has 2 bridgehead atoms. The predicted molar refractivity (Wildman–Crippen MR) is 129 cm³/mol. The van der Waals surface area contributed by atoms with E-state index < -0.39 is 11.5 Å². The van der Waals surface area contributed by atoms with Gasteiger partial charge in [-0.25, -0.2) is 0 Å². The fourth-order valence-electron chi connectivity index (χ4n) is 6.85. The average molecular weight is 543 g/mol. The molecule has 1 aromatic heterocycles. The van der Waals surface area contributed by atoms with Gasteiger partial charge in [0.1, 0.15) is 12.2 Å². The number of primary amides is 1. The molecule has 2 aromatic rings. The molecule has 188 valence electrons. The van der Waals surface area contributed by atoms with Crippen molar-refractivity contribution in [2.24, 2.45) is 11.7 Å². The lowest BCUT2D eigenvalue weighted by Gasteiger charge is -2.54. The maximum Gasteiger partial charge on any atom is 0.317 e. The summed E-state index contributed by atoms with van der Waals surface area (Å²) in [6, 6.07) is 15.3. The number of carbonyl (C=O) groups is 2. The van der Waals surface area contributed by atoms with E-state index in [1.165, 1.54) is 0 Å². The molecule has 0 spiro atoms. The Morgan fingerprint density at radius 1 is 0.971 bits per heavy atom. The predicted octanol–water partition coefficient (Wildman–Crippen LogP) is 1.06. The maximum atomic E-state index is 14.0. The van der Waals surface area contributed by atoms with E-state index in [9.17, 15) is 9.59 Å². The van der Waals surface area contributed by atoms with Crippen LogP contribution in [-0.4, -0.2) is 47.1 Å². The van der Waals surface area contributed by atoms with Gasteiger partial charge in [-0.2, -0.15) is 0 Å². The normalized spacial score (nSPS) is 28.2. The Morgan fingerprint density at radius 3 is 2.23 bits per heavy atom. The van der Waals surface area contributed by atoms with Crippen LogP contribution in [0.3, 0.4) is 0 Å². The van der Waals surface area contributed by atoms with Crippen molar-refractivity contribution >= 4 is 11.9 Å². The number of rotatable bonds is 6. The first-order chi connectivity index (χ1) is 16.5. The highest BCUT2D eigenvalue weighted by Gasteiger charge is 2.55. The topological polar surface area (TPSA) is 82.3 Å². The van der Waals surface area contributed by atoms with Crippen molar-refractivity contribution in [3.05, 3.63) is 66.0 Å². The highest BCUT2D eigenvalue weighted by Crippen LogP contribution is 2.44. The van der Waals surface area contributed by atoms with E-state index >= 15 is 0 Å². The van der Waals surface area contributed by atoms with Gasteiger partial charge in [-0.15, -0.1) is 0 Å². The number of esters is 1. The molecule has 1 unspecified atom stereocenters. The van der Waals surface area contributed by atoms with E-state index in [1.807, 2.05) is 36.4 Å². The number of aromatic nitrogens is 1. The Morgan fingerprint density at radius 2 is 1.63 bits per heavy atom. The van der Waals surface area contributed by atoms with E-state index in [0.29, 0.717) is 22.6 Å². The van der Waals surface area contributed by atoms with Crippen molar-refractivity contribution in [1.82, 2.24) is 4.98 Å². The summed E-state index contributed by atoms with van der Waals surface area (Å²) in [4.78, 5) is 31.1. The Bertz CT molecular complexity index is 1000. The molecule has 2 atom stereocenters. The molecule has 1 saturated carbocycles. The summed E-state index contributed by atoms with van der Waals surface area (Å²) in [5.41, 5.74) is 7.17. The smallest absolute Gasteiger partial charge is 0.317 e. The third kappa shape index (κ3) is 4.90. The summed E-state index contributed by atoms with van der Waals surface area (Å²) in [6.45, 7) is 2.37. The molecule has 3 saturated heterocycles. The Labute approximate surface area is 218 Å². The minimum absolute atomic E-state index is 0. The first-order valence-corrected chi connectivity index (χ1v) is 12.9. The third-order valence-corrected chi connectivity index (χ3v) is 8.68. The van der Waals surface area contributed by atoms with Crippen molar-refractivity contribution in [3.63, 3.8) is 0 Å². The summed E-state index contributed by atoms with van der Waals surface area (Å²) in [5, 5.41) is 0. The number of ether oxygens (including phenoxy) is 1. The molecular weight excluding hydrogens is 506 g/mol. The number of carbonyl (C=O) groups excluding carboxylic acids is 2. The first kappa shape index (κ1) is 25.8. The van der Waals surface area contributed by atoms with Crippen LogP contribution in [0.1, 0.15) is 68.7 Å². The van der Waals surface area contributed by atoms with Gasteiger partial charge < -0.3 is 31.9 Å². The molecule has 6 rings (SSSR count). The number of quaternary nitrogens is 1. The average Bonchev–Trinajstić information content (AvgIpc) is 3.13. The van der Waals surface area contributed by atoms with Crippen LogP contribution < -0.4 is 22.7 Å². The quantitative estimate of drug-likeness (QED) is 0.336. The zero-order chi connectivity index (χ0) is 23.6. The number of pyridine rings is 1.